The number of benzene rings is 1. The summed E-state index contributed by atoms with van der Waals surface area (Å²) in [6, 6.07) is 4.68. The lowest BCUT2D eigenvalue weighted by Crippen LogP contribution is -2.41. The zero-order valence-corrected chi connectivity index (χ0v) is 11.6. The molecule has 0 saturated carbocycles. The molecule has 3 rings (SSSR count). The number of hydrogen-bond donors (Lipinski definition) is 2. The molecule has 1 atom stereocenters. The van der Waals surface area contributed by atoms with Gasteiger partial charge in [0.05, 0.1) is 12.6 Å². The van der Waals surface area contributed by atoms with Gasteiger partial charge in [-0.15, -0.1) is 0 Å². The van der Waals surface area contributed by atoms with Crippen LogP contribution >= 0.6 is 0 Å². The first-order valence-corrected chi connectivity index (χ1v) is 6.74. The van der Waals surface area contributed by atoms with E-state index in [0.29, 0.717) is 24.0 Å². The molecule has 1 fully saturated rings. The summed E-state index contributed by atoms with van der Waals surface area (Å²) in [5.41, 5.74) is 7.34. The van der Waals surface area contributed by atoms with Crippen molar-refractivity contribution in [3.05, 3.63) is 23.9 Å². The molecule has 110 valence electrons. The van der Waals surface area contributed by atoms with Crippen molar-refractivity contribution < 1.29 is 14.3 Å². The minimum atomic E-state index is -0.532. The first-order chi connectivity index (χ1) is 10.1. The van der Waals surface area contributed by atoms with E-state index in [0.717, 1.165) is 11.9 Å². The molecule has 1 amide bonds. The van der Waals surface area contributed by atoms with Gasteiger partial charge in [0.15, 0.2) is 5.69 Å². The van der Waals surface area contributed by atoms with E-state index >= 15 is 0 Å². The number of carbonyl (C=O) groups is 2. The quantitative estimate of drug-likeness (QED) is 0.632. The fourth-order valence-corrected chi connectivity index (χ4v) is 2.72. The normalized spacial score (nSPS) is 18.1. The molecule has 1 unspecified atom stereocenters. The Hall–Kier alpha value is -2.57. The number of aromatic amines is 1. The van der Waals surface area contributed by atoms with Crippen LogP contribution in [0, 0.1) is 0 Å². The summed E-state index contributed by atoms with van der Waals surface area (Å²) >= 11 is 0. The van der Waals surface area contributed by atoms with Gasteiger partial charge in [-0.2, -0.15) is 5.10 Å². The molecule has 0 bridgehead atoms. The Bertz CT molecular complexity index is 709. The highest BCUT2D eigenvalue weighted by molar-refractivity contribution is 6.06. The number of nitrogen functional groups attached to an aromatic ring is 1. The summed E-state index contributed by atoms with van der Waals surface area (Å²) in [5, 5.41) is 7.55. The Morgan fingerprint density at radius 1 is 1.48 bits per heavy atom. The van der Waals surface area contributed by atoms with Crippen LogP contribution in [0.2, 0.25) is 0 Å². The fraction of sp³-hybridized carbons (Fsp3) is 0.357. The zero-order valence-electron chi connectivity index (χ0n) is 11.6. The van der Waals surface area contributed by atoms with Gasteiger partial charge in [-0.3, -0.25) is 9.89 Å². The smallest absolute Gasteiger partial charge is 0.328 e. The number of hydrogen-bond acceptors (Lipinski definition) is 5. The SMILES string of the molecule is COC(=O)C1CCCN1C(=O)c1n[nH]c2ccc(N)cc12. The summed E-state index contributed by atoms with van der Waals surface area (Å²) in [6.07, 6.45) is 1.39. The number of amides is 1. The van der Waals surface area contributed by atoms with Crippen LogP contribution in [0.1, 0.15) is 23.3 Å². The first kappa shape index (κ1) is 13.4. The van der Waals surface area contributed by atoms with Crippen molar-refractivity contribution in [1.29, 1.82) is 0 Å². The van der Waals surface area contributed by atoms with Crippen LogP contribution in [-0.2, 0) is 9.53 Å². The maximum atomic E-state index is 12.7. The van der Waals surface area contributed by atoms with Gasteiger partial charge >= 0.3 is 5.97 Å². The predicted molar refractivity (Wildman–Crippen MR) is 76.6 cm³/mol. The van der Waals surface area contributed by atoms with Crippen molar-refractivity contribution in [1.82, 2.24) is 15.1 Å². The highest BCUT2D eigenvalue weighted by atomic mass is 16.5. The average molecular weight is 288 g/mol. The number of carbonyl (C=O) groups excluding carboxylic acids is 2. The van der Waals surface area contributed by atoms with Crippen LogP contribution in [-0.4, -0.2) is 46.7 Å². The molecule has 0 spiro atoms. The average Bonchev–Trinajstić information content (AvgIpc) is 3.12. The van der Waals surface area contributed by atoms with Crippen LogP contribution in [0.5, 0.6) is 0 Å². The molecule has 7 nitrogen and oxygen atoms in total. The van der Waals surface area contributed by atoms with Crippen molar-refractivity contribution in [2.75, 3.05) is 19.4 Å². The van der Waals surface area contributed by atoms with E-state index in [9.17, 15) is 9.59 Å². The van der Waals surface area contributed by atoms with E-state index in [1.54, 1.807) is 18.2 Å². The summed E-state index contributed by atoms with van der Waals surface area (Å²) in [7, 11) is 1.33. The van der Waals surface area contributed by atoms with Crippen molar-refractivity contribution in [2.24, 2.45) is 0 Å². The Morgan fingerprint density at radius 3 is 3.05 bits per heavy atom. The molecule has 0 radical (unpaired) electrons. The minimum absolute atomic E-state index is 0.278. The number of esters is 1. The topological polar surface area (TPSA) is 101 Å². The Kier molecular flexibility index (Phi) is 3.25. The number of nitrogens with zero attached hydrogens (tertiary/aromatic N) is 2. The molecular formula is C14H16N4O3. The second-order valence-electron chi connectivity index (χ2n) is 5.06. The molecule has 2 heterocycles. The third kappa shape index (κ3) is 2.20. The zero-order chi connectivity index (χ0) is 15.0. The van der Waals surface area contributed by atoms with Gasteiger partial charge in [-0.1, -0.05) is 0 Å². The van der Waals surface area contributed by atoms with Gasteiger partial charge in [0.25, 0.3) is 5.91 Å². The number of fused-ring (bicyclic) bond motifs is 1. The van der Waals surface area contributed by atoms with Crippen LogP contribution in [0.15, 0.2) is 18.2 Å². The van der Waals surface area contributed by atoms with Crippen molar-refractivity contribution in [3.63, 3.8) is 0 Å². The summed E-state index contributed by atoms with van der Waals surface area (Å²) in [6.45, 7) is 0.523. The summed E-state index contributed by atoms with van der Waals surface area (Å²) < 4.78 is 4.76. The molecule has 1 saturated heterocycles. The molecule has 0 aliphatic carbocycles. The van der Waals surface area contributed by atoms with Crippen molar-refractivity contribution in [2.45, 2.75) is 18.9 Å². The van der Waals surface area contributed by atoms with Crippen molar-refractivity contribution in [3.8, 4) is 0 Å². The second-order valence-corrected chi connectivity index (χ2v) is 5.06. The largest absolute Gasteiger partial charge is 0.467 e. The number of nitrogens with two attached hydrogens (primary N) is 1. The predicted octanol–water partition coefficient (Wildman–Crippen LogP) is 0.923. The molecule has 1 aliphatic rings. The monoisotopic (exact) mass is 288 g/mol. The summed E-state index contributed by atoms with van der Waals surface area (Å²) in [5.74, 6) is -0.667. The molecule has 1 aromatic heterocycles. The van der Waals surface area contributed by atoms with E-state index in [1.165, 1.54) is 12.0 Å². The van der Waals surface area contributed by atoms with E-state index in [1.807, 2.05) is 0 Å². The summed E-state index contributed by atoms with van der Waals surface area (Å²) in [4.78, 5) is 25.9. The van der Waals surface area contributed by atoms with Crippen LogP contribution in [0.25, 0.3) is 10.9 Å². The van der Waals surface area contributed by atoms with Crippen LogP contribution in [0.3, 0.4) is 0 Å². The lowest BCUT2D eigenvalue weighted by molar-refractivity contribution is -0.145. The molecule has 1 aliphatic heterocycles. The number of nitrogens with one attached hydrogen (secondary N) is 1. The van der Waals surface area contributed by atoms with Gasteiger partial charge in [-0.05, 0) is 31.0 Å². The highest BCUT2D eigenvalue weighted by Gasteiger charge is 2.36. The minimum Gasteiger partial charge on any atom is -0.467 e. The lowest BCUT2D eigenvalue weighted by atomic mass is 10.1. The molecule has 2 aromatic rings. The number of aromatic nitrogens is 2. The number of ether oxygens (including phenoxy) is 1. The number of methoxy groups -OCH3 is 1. The molecule has 21 heavy (non-hydrogen) atoms. The third-order valence-electron chi connectivity index (χ3n) is 3.78. The Balaban J connectivity index is 1.96. The number of anilines is 1. The van der Waals surface area contributed by atoms with E-state index in [2.05, 4.69) is 10.2 Å². The van der Waals surface area contributed by atoms with Crippen LogP contribution < -0.4 is 5.73 Å². The van der Waals surface area contributed by atoms with Gasteiger partial charge in [0.2, 0.25) is 0 Å². The van der Waals surface area contributed by atoms with Crippen LogP contribution in [0.4, 0.5) is 5.69 Å². The number of H-pyrrole nitrogens is 1. The Labute approximate surface area is 121 Å². The number of likely N-dealkylation sites (tertiary alicyclic amines) is 1. The maximum Gasteiger partial charge on any atom is 0.328 e. The first-order valence-electron chi connectivity index (χ1n) is 6.74. The maximum absolute atomic E-state index is 12.7. The second kappa shape index (κ2) is 5.08. The standard InChI is InChI=1S/C14H16N4O3/c1-21-14(20)11-3-2-6-18(11)13(19)12-9-7-8(15)4-5-10(9)16-17-12/h4-5,7,11H,2-3,6,15H2,1H3,(H,16,17). The van der Waals surface area contributed by atoms with E-state index < -0.39 is 6.04 Å². The lowest BCUT2D eigenvalue weighted by Gasteiger charge is -2.21. The molecule has 7 heteroatoms. The van der Waals surface area contributed by atoms with E-state index in [-0.39, 0.29) is 17.6 Å². The molecule has 3 N–H and O–H groups in total. The van der Waals surface area contributed by atoms with E-state index in [4.69, 9.17) is 10.5 Å². The Morgan fingerprint density at radius 2 is 2.29 bits per heavy atom. The highest BCUT2D eigenvalue weighted by Crippen LogP contribution is 2.25. The van der Waals surface area contributed by atoms with Gasteiger partial charge in [-0.25, -0.2) is 4.79 Å². The number of rotatable bonds is 2. The van der Waals surface area contributed by atoms with Gasteiger partial charge in [0, 0.05) is 17.6 Å². The molecular weight excluding hydrogens is 272 g/mol. The molecule has 1 aromatic carbocycles. The van der Waals surface area contributed by atoms with Crippen molar-refractivity contribution >= 4 is 28.5 Å². The van der Waals surface area contributed by atoms with Gasteiger partial charge in [0.1, 0.15) is 6.04 Å². The van der Waals surface area contributed by atoms with Gasteiger partial charge < -0.3 is 15.4 Å². The third-order valence-corrected chi connectivity index (χ3v) is 3.78. The fourth-order valence-electron chi connectivity index (χ4n) is 2.72.